The van der Waals surface area contributed by atoms with Gasteiger partial charge in [0.2, 0.25) is 0 Å². The molecule has 0 saturated heterocycles. The van der Waals surface area contributed by atoms with Gasteiger partial charge in [-0.1, -0.05) is 133 Å². The highest BCUT2D eigenvalue weighted by Gasteiger charge is 2.34. The molecule has 0 bridgehead atoms. The van der Waals surface area contributed by atoms with E-state index in [4.69, 9.17) is 19.4 Å². The lowest BCUT2D eigenvalue weighted by molar-refractivity contribution is 0.669. The summed E-state index contributed by atoms with van der Waals surface area (Å²) in [5.41, 5.74) is 14.0. The fraction of sp³-hybridized carbons (Fsp3) is 0.0192. The summed E-state index contributed by atoms with van der Waals surface area (Å²) in [6.07, 6.45) is 0. The van der Waals surface area contributed by atoms with Crippen LogP contribution >= 0.6 is 0 Å². The fourth-order valence-electron chi connectivity index (χ4n) is 8.89. The van der Waals surface area contributed by atoms with Gasteiger partial charge in [-0.2, -0.15) is 0 Å². The van der Waals surface area contributed by atoms with E-state index in [1.165, 1.54) is 44.1 Å². The minimum atomic E-state index is -0.199. The van der Waals surface area contributed by atoms with Gasteiger partial charge in [-0.3, -0.25) is 0 Å². The Balaban J connectivity index is 1.06. The van der Waals surface area contributed by atoms with Crippen LogP contribution in [0.4, 0.5) is 0 Å². The predicted octanol–water partition coefficient (Wildman–Crippen LogP) is 13.0. The van der Waals surface area contributed by atoms with Gasteiger partial charge in [-0.15, -0.1) is 0 Å². The first kappa shape index (κ1) is 31.7. The molecule has 0 radical (unpaired) electrons. The Hall–Kier alpha value is -7.63. The molecule has 0 amide bonds. The van der Waals surface area contributed by atoms with Crippen molar-refractivity contribution >= 4 is 43.7 Å². The molecule has 57 heavy (non-hydrogen) atoms. The van der Waals surface area contributed by atoms with Crippen LogP contribution in [0.1, 0.15) is 22.9 Å². The van der Waals surface area contributed by atoms with Crippen LogP contribution < -0.4 is 0 Å². The Bertz CT molecular complexity index is 3350. The summed E-state index contributed by atoms with van der Waals surface area (Å²) in [5.74, 6) is 1.77. The first-order chi connectivity index (χ1) is 28.2. The maximum Gasteiger partial charge on any atom is 0.163 e. The molecule has 0 saturated carbocycles. The number of aromatic nitrogens is 4. The average molecular weight is 729 g/mol. The average Bonchev–Trinajstić information content (AvgIpc) is 3.93. The number of nitrogens with zero attached hydrogens (tertiary/aromatic N) is 4. The summed E-state index contributed by atoms with van der Waals surface area (Å²) >= 11 is 0. The van der Waals surface area contributed by atoms with Crippen LogP contribution in [0.15, 0.2) is 192 Å². The lowest BCUT2D eigenvalue weighted by Gasteiger charge is -2.15. The number of furan rings is 1. The van der Waals surface area contributed by atoms with E-state index in [9.17, 15) is 0 Å². The molecule has 1 atom stereocenters. The zero-order valence-corrected chi connectivity index (χ0v) is 30.7. The molecule has 5 heteroatoms. The third kappa shape index (κ3) is 4.99. The van der Waals surface area contributed by atoms with Crippen molar-refractivity contribution in [3.8, 4) is 50.7 Å². The summed E-state index contributed by atoms with van der Waals surface area (Å²) in [4.78, 5) is 15.8. The minimum Gasteiger partial charge on any atom is -0.456 e. The van der Waals surface area contributed by atoms with E-state index in [-0.39, 0.29) is 5.92 Å². The van der Waals surface area contributed by atoms with Crippen LogP contribution in [0.3, 0.4) is 0 Å². The molecule has 266 valence electrons. The van der Waals surface area contributed by atoms with Crippen LogP contribution in [-0.4, -0.2) is 19.5 Å². The second kappa shape index (κ2) is 12.4. The van der Waals surface area contributed by atoms with Gasteiger partial charge in [0, 0.05) is 38.4 Å². The number of hydrogen-bond donors (Lipinski definition) is 0. The smallest absolute Gasteiger partial charge is 0.163 e. The molecule has 0 fully saturated rings. The highest BCUT2D eigenvalue weighted by Crippen LogP contribution is 2.50. The Labute approximate surface area is 328 Å². The van der Waals surface area contributed by atoms with Crippen LogP contribution in [0.5, 0.6) is 0 Å². The van der Waals surface area contributed by atoms with E-state index in [0.29, 0.717) is 17.5 Å². The maximum atomic E-state index is 6.55. The van der Waals surface area contributed by atoms with Crippen LogP contribution in [0.25, 0.3) is 94.5 Å². The molecule has 1 aliphatic rings. The number of rotatable bonds is 5. The summed E-state index contributed by atoms with van der Waals surface area (Å²) in [7, 11) is 0. The lowest BCUT2D eigenvalue weighted by Crippen LogP contribution is -2.09. The van der Waals surface area contributed by atoms with E-state index >= 15 is 0 Å². The Morgan fingerprint density at radius 2 is 1.00 bits per heavy atom. The molecule has 0 aliphatic heterocycles. The van der Waals surface area contributed by atoms with Gasteiger partial charge in [0.15, 0.2) is 11.6 Å². The molecule has 11 aromatic rings. The first-order valence-corrected chi connectivity index (χ1v) is 19.3. The van der Waals surface area contributed by atoms with Gasteiger partial charge in [-0.05, 0) is 88.0 Å². The molecule has 3 aromatic heterocycles. The van der Waals surface area contributed by atoms with Gasteiger partial charge in [0.05, 0.1) is 17.0 Å². The fourth-order valence-corrected chi connectivity index (χ4v) is 8.89. The van der Waals surface area contributed by atoms with Gasteiger partial charge < -0.3 is 8.98 Å². The molecule has 5 nitrogen and oxygen atoms in total. The number of hydrogen-bond acceptors (Lipinski definition) is 4. The highest BCUT2D eigenvalue weighted by molar-refractivity contribution is 6.11. The number of para-hydroxylation sites is 2. The largest absolute Gasteiger partial charge is 0.456 e. The topological polar surface area (TPSA) is 56.7 Å². The summed E-state index contributed by atoms with van der Waals surface area (Å²) in [6.45, 7) is 0. The lowest BCUT2D eigenvalue weighted by atomic mass is 9.94. The normalized spacial score (nSPS) is 13.4. The third-order valence-electron chi connectivity index (χ3n) is 11.5. The van der Waals surface area contributed by atoms with Crippen molar-refractivity contribution < 1.29 is 4.42 Å². The molecule has 12 rings (SSSR count). The van der Waals surface area contributed by atoms with Gasteiger partial charge in [0.1, 0.15) is 17.0 Å². The summed E-state index contributed by atoms with van der Waals surface area (Å²) in [6, 6.07) is 66.1. The number of fused-ring (bicyclic) bond motifs is 9. The maximum absolute atomic E-state index is 6.55. The van der Waals surface area contributed by atoms with Crippen LogP contribution in [0, 0.1) is 0 Å². The van der Waals surface area contributed by atoms with E-state index in [1.54, 1.807) is 0 Å². The Morgan fingerprint density at radius 1 is 0.386 bits per heavy atom. The van der Waals surface area contributed by atoms with Crippen molar-refractivity contribution in [2.24, 2.45) is 0 Å². The van der Waals surface area contributed by atoms with Crippen molar-refractivity contribution in [3.63, 3.8) is 0 Å². The van der Waals surface area contributed by atoms with Crippen molar-refractivity contribution in [1.29, 1.82) is 0 Å². The molecule has 1 unspecified atom stereocenters. The molecular weight excluding hydrogens is 697 g/mol. The first-order valence-electron chi connectivity index (χ1n) is 19.3. The molecule has 1 aliphatic carbocycles. The SMILES string of the molecule is c1ccc(-c2ccc3c(c2)oc2cc(-c4nc(-c5ccccc5)nc(C5c6ccccc6-c6cc7c(cc65)c5ccccc5n7-c5ccccc5)n4)ccc23)cc1. The molecule has 8 aromatic carbocycles. The zero-order valence-electron chi connectivity index (χ0n) is 30.7. The van der Waals surface area contributed by atoms with Crippen molar-refractivity contribution in [2.45, 2.75) is 5.92 Å². The van der Waals surface area contributed by atoms with Crippen molar-refractivity contribution in [2.75, 3.05) is 0 Å². The van der Waals surface area contributed by atoms with E-state index in [2.05, 4.69) is 168 Å². The highest BCUT2D eigenvalue weighted by atomic mass is 16.3. The van der Waals surface area contributed by atoms with E-state index in [1.807, 2.05) is 24.3 Å². The molecular formula is C52H32N4O. The molecule has 0 spiro atoms. The molecule has 0 N–H and O–H groups in total. The predicted molar refractivity (Wildman–Crippen MR) is 231 cm³/mol. The number of benzene rings is 8. The zero-order chi connectivity index (χ0) is 37.5. The standard InChI is InChI=1S/C52H32N4O/c1-4-14-32(15-5-1)34-24-26-39-40-27-25-35(29-48(40)57-47(39)28-34)51-53-50(33-16-6-2-7-17-33)54-52(55-51)49-41-22-11-10-20-37(41)42-31-46-43(30-44(42)49)38-21-12-13-23-45(38)56(46)36-18-8-3-9-19-36/h1-31,49H. The monoisotopic (exact) mass is 728 g/mol. The van der Waals surface area contributed by atoms with Crippen molar-refractivity contribution in [3.05, 3.63) is 205 Å². The Morgan fingerprint density at radius 3 is 1.77 bits per heavy atom. The molecule has 3 heterocycles. The second-order valence-corrected chi connectivity index (χ2v) is 14.8. The van der Waals surface area contributed by atoms with Gasteiger partial charge in [-0.25, -0.2) is 15.0 Å². The van der Waals surface area contributed by atoms with Gasteiger partial charge in [0.25, 0.3) is 0 Å². The van der Waals surface area contributed by atoms with Crippen molar-refractivity contribution in [1.82, 2.24) is 19.5 Å². The quantitative estimate of drug-likeness (QED) is 0.177. The summed E-state index contributed by atoms with van der Waals surface area (Å²) in [5, 5.41) is 4.56. The van der Waals surface area contributed by atoms with Crippen LogP contribution in [0.2, 0.25) is 0 Å². The Kier molecular flexibility index (Phi) is 6.92. The van der Waals surface area contributed by atoms with Crippen LogP contribution in [-0.2, 0) is 0 Å². The summed E-state index contributed by atoms with van der Waals surface area (Å²) < 4.78 is 8.93. The van der Waals surface area contributed by atoms with Gasteiger partial charge >= 0.3 is 0 Å². The van der Waals surface area contributed by atoms with E-state index < -0.39 is 0 Å². The third-order valence-corrected chi connectivity index (χ3v) is 11.5. The second-order valence-electron chi connectivity index (χ2n) is 14.8. The van der Waals surface area contributed by atoms with E-state index in [0.717, 1.165) is 49.9 Å². The minimum absolute atomic E-state index is 0.199.